The number of carbonyl (C=O) groups is 2. The smallest absolute Gasteiger partial charge is 0.310 e. The highest BCUT2D eigenvalue weighted by atomic mass is 16.5. The van der Waals surface area contributed by atoms with E-state index >= 15 is 0 Å². The molecule has 0 aromatic heterocycles. The molecule has 0 radical (unpaired) electrons. The summed E-state index contributed by atoms with van der Waals surface area (Å²) < 4.78 is 5.23. The zero-order chi connectivity index (χ0) is 17.6. The Morgan fingerprint density at radius 2 is 1.62 bits per heavy atom. The molecule has 0 aromatic rings. The topological polar surface area (TPSA) is 46.6 Å². The Balaban J connectivity index is 2.01. The first-order valence-corrected chi connectivity index (χ1v) is 9.53. The summed E-state index contributed by atoms with van der Waals surface area (Å²) in [7, 11) is 0. The van der Waals surface area contributed by atoms with Crippen LogP contribution >= 0.6 is 0 Å². The van der Waals surface area contributed by atoms with E-state index < -0.39 is 0 Å². The summed E-state index contributed by atoms with van der Waals surface area (Å²) >= 11 is 0. The molecule has 24 heavy (non-hydrogen) atoms. The van der Waals surface area contributed by atoms with Crippen LogP contribution in [0.4, 0.5) is 0 Å². The minimum Gasteiger partial charge on any atom is -0.452 e. The van der Waals surface area contributed by atoms with Gasteiger partial charge in [-0.2, -0.15) is 0 Å². The monoisotopic (exact) mass is 335 g/mol. The van der Waals surface area contributed by atoms with Gasteiger partial charge >= 0.3 is 5.97 Å². The number of esters is 1. The normalized spacial score (nSPS) is 14.8. The highest BCUT2D eigenvalue weighted by Gasteiger charge is 2.26. The first-order chi connectivity index (χ1) is 11.6. The predicted molar refractivity (Wildman–Crippen MR) is 96.3 cm³/mol. The van der Waals surface area contributed by atoms with Gasteiger partial charge in [-0.3, -0.25) is 9.59 Å². The van der Waals surface area contributed by atoms with Crippen molar-refractivity contribution in [2.45, 2.75) is 78.1 Å². The molecular weight excluding hydrogens is 302 g/mol. The van der Waals surface area contributed by atoms with Crippen LogP contribution < -0.4 is 0 Å². The van der Waals surface area contributed by atoms with Crippen molar-refractivity contribution >= 4 is 11.9 Å². The van der Waals surface area contributed by atoms with E-state index in [2.05, 4.69) is 18.8 Å². The summed E-state index contributed by atoms with van der Waals surface area (Å²) in [5.41, 5.74) is 0. The van der Waals surface area contributed by atoms with Crippen molar-refractivity contribution in [1.29, 1.82) is 0 Å². The molecule has 1 heterocycles. The molecule has 0 spiro atoms. The third-order valence-electron chi connectivity index (χ3n) is 4.59. The van der Waals surface area contributed by atoms with E-state index in [0.717, 1.165) is 12.8 Å². The molecule has 0 aliphatic carbocycles. The lowest BCUT2D eigenvalue weighted by atomic mass is 9.97. The number of nitrogens with zero attached hydrogens (tertiary/aromatic N) is 1. The van der Waals surface area contributed by atoms with Crippen LogP contribution in [0.5, 0.6) is 0 Å². The molecule has 0 bridgehead atoms. The Labute approximate surface area is 147 Å². The van der Waals surface area contributed by atoms with Gasteiger partial charge in [0.25, 0.3) is 0 Å². The molecule has 0 unspecified atom stereocenters. The summed E-state index contributed by atoms with van der Waals surface area (Å²) in [6, 6.07) is 0. The van der Waals surface area contributed by atoms with Crippen molar-refractivity contribution < 1.29 is 14.3 Å². The number of ether oxygens (including phenoxy) is 1. The molecule has 0 saturated carbocycles. The van der Waals surface area contributed by atoms with Crippen molar-refractivity contribution in [3.8, 4) is 11.8 Å². The lowest BCUT2D eigenvalue weighted by Crippen LogP contribution is -2.39. The zero-order valence-electron chi connectivity index (χ0n) is 15.4. The van der Waals surface area contributed by atoms with E-state index in [0.29, 0.717) is 25.9 Å². The van der Waals surface area contributed by atoms with Gasteiger partial charge in [0.05, 0.1) is 5.92 Å². The van der Waals surface area contributed by atoms with E-state index in [-0.39, 0.29) is 24.4 Å². The SMILES string of the molecule is CCCCCCCCCC#CCOC(=O)C1CCN(C(C)=O)CC1. The van der Waals surface area contributed by atoms with Gasteiger partial charge in [0.1, 0.15) is 0 Å². The molecule has 136 valence electrons. The molecule has 1 aliphatic heterocycles. The van der Waals surface area contributed by atoms with Gasteiger partial charge in [-0.1, -0.05) is 57.3 Å². The molecular formula is C20H33NO3. The Bertz CT molecular complexity index is 428. The van der Waals surface area contributed by atoms with Crippen LogP contribution in [-0.4, -0.2) is 36.5 Å². The molecule has 1 aliphatic rings. The third-order valence-corrected chi connectivity index (χ3v) is 4.59. The summed E-state index contributed by atoms with van der Waals surface area (Å²) in [6.45, 7) is 5.30. The zero-order valence-corrected chi connectivity index (χ0v) is 15.4. The molecule has 1 amide bonds. The van der Waals surface area contributed by atoms with E-state index in [9.17, 15) is 9.59 Å². The van der Waals surface area contributed by atoms with Crippen LogP contribution in [0.3, 0.4) is 0 Å². The second kappa shape index (κ2) is 12.9. The van der Waals surface area contributed by atoms with Crippen molar-refractivity contribution in [2.75, 3.05) is 19.7 Å². The summed E-state index contributed by atoms with van der Waals surface area (Å²) in [4.78, 5) is 25.0. The van der Waals surface area contributed by atoms with E-state index in [4.69, 9.17) is 4.74 Å². The van der Waals surface area contributed by atoms with E-state index in [1.54, 1.807) is 11.8 Å². The highest BCUT2D eigenvalue weighted by Crippen LogP contribution is 2.18. The van der Waals surface area contributed by atoms with Crippen LogP contribution in [0.25, 0.3) is 0 Å². The van der Waals surface area contributed by atoms with Crippen molar-refractivity contribution in [1.82, 2.24) is 4.90 Å². The van der Waals surface area contributed by atoms with Gasteiger partial charge in [0.2, 0.25) is 5.91 Å². The van der Waals surface area contributed by atoms with Crippen molar-refractivity contribution in [3.63, 3.8) is 0 Å². The average Bonchev–Trinajstić information content (AvgIpc) is 2.59. The Kier molecular flexibility index (Phi) is 11.0. The number of rotatable bonds is 9. The summed E-state index contributed by atoms with van der Waals surface area (Å²) in [5.74, 6) is 5.86. The van der Waals surface area contributed by atoms with Gasteiger partial charge in [0, 0.05) is 26.4 Å². The predicted octanol–water partition coefficient (Wildman–Crippen LogP) is 3.93. The highest BCUT2D eigenvalue weighted by molar-refractivity contribution is 5.75. The minimum absolute atomic E-state index is 0.0782. The molecule has 0 atom stereocenters. The van der Waals surface area contributed by atoms with Gasteiger partial charge < -0.3 is 9.64 Å². The van der Waals surface area contributed by atoms with Crippen LogP contribution in [-0.2, 0) is 14.3 Å². The van der Waals surface area contributed by atoms with Gasteiger partial charge in [-0.05, 0) is 19.3 Å². The maximum Gasteiger partial charge on any atom is 0.310 e. The fourth-order valence-electron chi connectivity index (χ4n) is 2.97. The molecule has 1 rings (SSSR count). The summed E-state index contributed by atoms with van der Waals surface area (Å²) in [6.07, 6.45) is 11.3. The maximum atomic E-state index is 11.9. The number of carbonyl (C=O) groups excluding carboxylic acids is 2. The first kappa shape index (κ1) is 20.5. The maximum absolute atomic E-state index is 11.9. The van der Waals surface area contributed by atoms with Crippen LogP contribution in [0.15, 0.2) is 0 Å². The second-order valence-corrected chi connectivity index (χ2v) is 6.61. The van der Waals surface area contributed by atoms with Crippen LogP contribution in [0, 0.1) is 17.8 Å². The van der Waals surface area contributed by atoms with Crippen molar-refractivity contribution in [3.05, 3.63) is 0 Å². The lowest BCUT2D eigenvalue weighted by molar-refractivity contribution is -0.150. The van der Waals surface area contributed by atoms with Crippen LogP contribution in [0.1, 0.15) is 78.1 Å². The van der Waals surface area contributed by atoms with Gasteiger partial charge in [0.15, 0.2) is 6.61 Å². The minimum atomic E-state index is -0.163. The molecule has 1 saturated heterocycles. The number of piperidine rings is 1. The largest absolute Gasteiger partial charge is 0.452 e. The Hall–Kier alpha value is -1.50. The van der Waals surface area contributed by atoms with E-state index in [1.165, 1.54) is 38.5 Å². The first-order valence-electron chi connectivity index (χ1n) is 9.53. The quantitative estimate of drug-likeness (QED) is 0.364. The summed E-state index contributed by atoms with van der Waals surface area (Å²) in [5, 5.41) is 0. The number of unbranched alkanes of at least 4 members (excludes halogenated alkanes) is 7. The van der Waals surface area contributed by atoms with E-state index in [1.807, 2.05) is 0 Å². The molecule has 0 aromatic carbocycles. The van der Waals surface area contributed by atoms with Gasteiger partial charge in [-0.25, -0.2) is 0 Å². The molecule has 0 N–H and O–H groups in total. The number of amides is 1. The van der Waals surface area contributed by atoms with Crippen molar-refractivity contribution in [2.24, 2.45) is 5.92 Å². The lowest BCUT2D eigenvalue weighted by Gasteiger charge is -2.29. The average molecular weight is 335 g/mol. The Morgan fingerprint density at radius 1 is 1.00 bits per heavy atom. The van der Waals surface area contributed by atoms with Gasteiger partial charge in [-0.15, -0.1) is 0 Å². The number of likely N-dealkylation sites (tertiary alicyclic amines) is 1. The third kappa shape index (κ3) is 8.96. The number of hydrogen-bond donors (Lipinski definition) is 0. The standard InChI is InChI=1S/C20H33NO3/c1-3-4-5-6-7-8-9-10-11-12-17-24-20(23)19-13-15-21(16-14-19)18(2)22/h19H,3-10,13-17H2,1-2H3. The van der Waals surface area contributed by atoms with Crippen LogP contribution in [0.2, 0.25) is 0 Å². The molecule has 4 heteroatoms. The second-order valence-electron chi connectivity index (χ2n) is 6.61. The fourth-order valence-corrected chi connectivity index (χ4v) is 2.97. The molecule has 1 fully saturated rings. The Morgan fingerprint density at radius 3 is 2.25 bits per heavy atom. The fraction of sp³-hybridized carbons (Fsp3) is 0.800. The molecule has 4 nitrogen and oxygen atoms in total. The number of hydrogen-bond acceptors (Lipinski definition) is 3.